The Hall–Kier alpha value is 0.400. The molecule has 0 N–H and O–H groups in total. The van der Waals surface area contributed by atoms with Gasteiger partial charge in [0.15, 0.2) is 0 Å². The number of nitrogens with zero attached hydrogens (tertiary/aromatic N) is 1. The van der Waals surface area contributed by atoms with Crippen molar-refractivity contribution in [2.75, 3.05) is 32.8 Å². The lowest BCUT2D eigenvalue weighted by Crippen LogP contribution is -2.42. The average molecular weight is 262 g/mol. The Bertz CT molecular complexity index is 182. The van der Waals surface area contributed by atoms with E-state index >= 15 is 0 Å². The Balaban J connectivity index is 1.75. The second-order valence-corrected chi connectivity index (χ2v) is 5.95. The first-order valence-corrected chi connectivity index (χ1v) is 6.61. The fourth-order valence-electron chi connectivity index (χ4n) is 2.46. The third-order valence-corrected chi connectivity index (χ3v) is 4.79. The largest absolute Gasteiger partial charge is 0.381 e. The Morgan fingerprint density at radius 3 is 2.93 bits per heavy atom. The number of halogens is 1. The van der Waals surface area contributed by atoms with Crippen LogP contribution in [0.15, 0.2) is 0 Å². The van der Waals surface area contributed by atoms with Crippen LogP contribution >= 0.6 is 15.9 Å². The molecule has 3 atom stereocenters. The average Bonchev–Trinajstić information content (AvgIpc) is 2.64. The zero-order valence-corrected chi connectivity index (χ0v) is 10.5. The summed E-state index contributed by atoms with van der Waals surface area (Å²) in [5.41, 5.74) is 0. The Labute approximate surface area is 95.1 Å². The number of hydrogen-bond acceptors (Lipinski definition) is 2. The van der Waals surface area contributed by atoms with E-state index < -0.39 is 0 Å². The number of piperidine rings is 1. The van der Waals surface area contributed by atoms with Gasteiger partial charge in [-0.2, -0.15) is 0 Å². The van der Waals surface area contributed by atoms with Gasteiger partial charge in [0.05, 0.1) is 6.61 Å². The van der Waals surface area contributed by atoms with Crippen molar-refractivity contribution in [2.45, 2.75) is 24.6 Å². The lowest BCUT2D eigenvalue weighted by molar-refractivity contribution is 0.143. The van der Waals surface area contributed by atoms with Gasteiger partial charge in [0.1, 0.15) is 0 Å². The van der Waals surface area contributed by atoms with Crippen molar-refractivity contribution in [2.24, 2.45) is 11.8 Å². The summed E-state index contributed by atoms with van der Waals surface area (Å²) in [6, 6.07) is 0. The highest BCUT2D eigenvalue weighted by Gasteiger charge is 2.26. The summed E-state index contributed by atoms with van der Waals surface area (Å²) in [5, 5.41) is 0. The molecule has 2 saturated heterocycles. The van der Waals surface area contributed by atoms with Crippen molar-refractivity contribution in [3.05, 3.63) is 0 Å². The van der Waals surface area contributed by atoms with Crippen molar-refractivity contribution in [3.8, 4) is 0 Å². The highest BCUT2D eigenvalue weighted by molar-refractivity contribution is 9.09. The quantitative estimate of drug-likeness (QED) is 0.707. The molecule has 0 bridgehead atoms. The van der Waals surface area contributed by atoms with Crippen LogP contribution in [-0.2, 0) is 4.74 Å². The molecule has 0 spiro atoms. The summed E-state index contributed by atoms with van der Waals surface area (Å²) in [7, 11) is 0. The molecule has 0 aromatic heterocycles. The Kier molecular flexibility index (Phi) is 3.86. The maximum atomic E-state index is 5.41. The second kappa shape index (κ2) is 4.95. The molecular weight excluding hydrogens is 242 g/mol. The molecular formula is C11H20BrNO. The van der Waals surface area contributed by atoms with E-state index in [-0.39, 0.29) is 0 Å². The van der Waals surface area contributed by atoms with Crippen LogP contribution in [0.25, 0.3) is 0 Å². The molecule has 14 heavy (non-hydrogen) atoms. The summed E-state index contributed by atoms with van der Waals surface area (Å²) >= 11 is 3.74. The van der Waals surface area contributed by atoms with Crippen molar-refractivity contribution in [1.82, 2.24) is 4.90 Å². The van der Waals surface area contributed by atoms with E-state index in [0.717, 1.165) is 29.9 Å². The van der Waals surface area contributed by atoms with Crippen LogP contribution in [0, 0.1) is 11.8 Å². The van der Waals surface area contributed by atoms with Crippen LogP contribution in [0.2, 0.25) is 0 Å². The van der Waals surface area contributed by atoms with Crippen LogP contribution in [0.3, 0.4) is 0 Å². The fraction of sp³-hybridized carbons (Fsp3) is 1.00. The van der Waals surface area contributed by atoms with Gasteiger partial charge in [0.25, 0.3) is 0 Å². The monoisotopic (exact) mass is 261 g/mol. The van der Waals surface area contributed by atoms with Gasteiger partial charge in [0.2, 0.25) is 0 Å². The first-order valence-electron chi connectivity index (χ1n) is 5.70. The third-order valence-electron chi connectivity index (χ3n) is 3.43. The summed E-state index contributed by atoms with van der Waals surface area (Å²) in [5.74, 6) is 1.60. The van der Waals surface area contributed by atoms with E-state index in [2.05, 4.69) is 27.8 Å². The fourth-order valence-corrected chi connectivity index (χ4v) is 2.83. The molecule has 3 unspecified atom stereocenters. The first-order chi connectivity index (χ1) is 6.75. The minimum Gasteiger partial charge on any atom is -0.381 e. The topological polar surface area (TPSA) is 12.5 Å². The maximum absolute atomic E-state index is 5.41. The normalized spacial score (nSPS) is 40.3. The number of likely N-dealkylation sites (tertiary alicyclic amines) is 1. The lowest BCUT2D eigenvalue weighted by Gasteiger charge is -2.35. The number of ether oxygens (including phenoxy) is 1. The van der Waals surface area contributed by atoms with Gasteiger partial charge < -0.3 is 9.64 Å². The molecule has 0 aliphatic carbocycles. The van der Waals surface area contributed by atoms with Gasteiger partial charge in [-0.05, 0) is 31.2 Å². The molecule has 0 aromatic carbocycles. The van der Waals surface area contributed by atoms with E-state index in [4.69, 9.17) is 4.74 Å². The van der Waals surface area contributed by atoms with Crippen LogP contribution < -0.4 is 0 Å². The number of rotatable bonds is 2. The number of hydrogen-bond donors (Lipinski definition) is 0. The minimum atomic E-state index is 0.735. The third kappa shape index (κ3) is 2.71. The van der Waals surface area contributed by atoms with Crippen LogP contribution in [0.4, 0.5) is 0 Å². The Morgan fingerprint density at radius 1 is 1.43 bits per heavy atom. The highest BCUT2D eigenvalue weighted by Crippen LogP contribution is 2.25. The first kappa shape index (κ1) is 10.9. The van der Waals surface area contributed by atoms with Crippen LogP contribution in [-0.4, -0.2) is 42.6 Å². The van der Waals surface area contributed by atoms with Gasteiger partial charge in [-0.15, -0.1) is 0 Å². The predicted octanol–water partition coefficient (Wildman–Crippen LogP) is 2.13. The molecule has 2 heterocycles. The highest BCUT2D eigenvalue weighted by atomic mass is 79.9. The van der Waals surface area contributed by atoms with Crippen molar-refractivity contribution in [1.29, 1.82) is 0 Å². The van der Waals surface area contributed by atoms with Gasteiger partial charge in [-0.1, -0.05) is 22.9 Å². The van der Waals surface area contributed by atoms with Crippen molar-refractivity contribution < 1.29 is 4.74 Å². The Morgan fingerprint density at radius 2 is 2.29 bits per heavy atom. The number of alkyl halides is 1. The molecule has 82 valence electrons. The lowest BCUT2D eigenvalue weighted by atomic mass is 9.98. The van der Waals surface area contributed by atoms with Crippen LogP contribution in [0.5, 0.6) is 0 Å². The summed E-state index contributed by atoms with van der Waals surface area (Å²) < 4.78 is 5.41. The zero-order chi connectivity index (χ0) is 9.97. The molecule has 2 fully saturated rings. The standard InChI is InChI=1S/C11H20BrNO/c1-9-6-13(4-2-11(9)12)7-10-3-5-14-8-10/h9-11H,2-8H2,1H3. The molecule has 2 aliphatic rings. The van der Waals surface area contributed by atoms with Crippen LogP contribution in [0.1, 0.15) is 19.8 Å². The predicted molar refractivity (Wildman–Crippen MR) is 61.9 cm³/mol. The molecule has 3 heteroatoms. The van der Waals surface area contributed by atoms with E-state index in [1.54, 1.807) is 0 Å². The van der Waals surface area contributed by atoms with E-state index in [0.29, 0.717) is 0 Å². The molecule has 0 radical (unpaired) electrons. The van der Waals surface area contributed by atoms with Gasteiger partial charge >= 0.3 is 0 Å². The molecule has 2 aliphatic heterocycles. The van der Waals surface area contributed by atoms with E-state index in [1.165, 1.54) is 32.5 Å². The van der Waals surface area contributed by atoms with Gasteiger partial charge in [-0.3, -0.25) is 0 Å². The molecule has 0 aromatic rings. The minimum absolute atomic E-state index is 0.735. The van der Waals surface area contributed by atoms with E-state index in [9.17, 15) is 0 Å². The van der Waals surface area contributed by atoms with E-state index in [1.807, 2.05) is 0 Å². The second-order valence-electron chi connectivity index (χ2n) is 4.77. The van der Waals surface area contributed by atoms with Gasteiger partial charge in [-0.25, -0.2) is 0 Å². The van der Waals surface area contributed by atoms with Crippen molar-refractivity contribution in [3.63, 3.8) is 0 Å². The summed E-state index contributed by atoms with van der Waals surface area (Å²) in [4.78, 5) is 3.35. The zero-order valence-electron chi connectivity index (χ0n) is 8.92. The summed E-state index contributed by atoms with van der Waals surface area (Å²) in [6.07, 6.45) is 2.57. The van der Waals surface area contributed by atoms with Gasteiger partial charge in [0, 0.05) is 24.5 Å². The SMILES string of the molecule is CC1CN(CC2CCOC2)CCC1Br. The molecule has 0 saturated carbocycles. The summed E-state index contributed by atoms with van der Waals surface area (Å²) in [6.45, 7) is 8.09. The smallest absolute Gasteiger partial charge is 0.0507 e. The molecule has 0 amide bonds. The molecule has 2 rings (SSSR count). The maximum Gasteiger partial charge on any atom is 0.0507 e. The molecule has 2 nitrogen and oxygen atoms in total. The van der Waals surface area contributed by atoms with Crippen molar-refractivity contribution >= 4 is 15.9 Å².